The average Bonchev–Trinajstić information content (AvgIpc) is 3.34. The van der Waals surface area contributed by atoms with Gasteiger partial charge < -0.3 is 24.1 Å². The van der Waals surface area contributed by atoms with Gasteiger partial charge in [-0.15, -0.1) is 0 Å². The number of rotatable bonds is 5. The Morgan fingerprint density at radius 3 is 2.78 bits per heavy atom. The van der Waals surface area contributed by atoms with Gasteiger partial charge in [0.15, 0.2) is 5.79 Å². The number of hydrogen-bond donors (Lipinski definition) is 1. The molecule has 4 aromatic rings. The Hall–Kier alpha value is -4.09. The molecule has 1 N–H and O–H groups in total. The third kappa shape index (κ3) is 3.96. The highest BCUT2D eigenvalue weighted by Gasteiger charge is 2.45. The summed E-state index contributed by atoms with van der Waals surface area (Å²) in [6.45, 7) is 4.52. The number of fused-ring (bicyclic) bond motifs is 4. The zero-order chi connectivity index (χ0) is 25.9. The van der Waals surface area contributed by atoms with Gasteiger partial charge in [0, 0.05) is 46.9 Å². The zero-order valence-corrected chi connectivity index (χ0v) is 20.4. The molecule has 4 heterocycles. The summed E-state index contributed by atoms with van der Waals surface area (Å²) in [5.41, 5.74) is 3.30. The molecule has 2 unspecified atom stereocenters. The minimum Gasteiger partial charge on any atom is -0.494 e. The van der Waals surface area contributed by atoms with Gasteiger partial charge in [0.1, 0.15) is 11.9 Å². The van der Waals surface area contributed by atoms with Gasteiger partial charge in [0.25, 0.3) is 0 Å². The second-order valence-electron chi connectivity index (χ2n) is 9.52. The van der Waals surface area contributed by atoms with E-state index in [1.54, 1.807) is 6.20 Å². The normalized spacial score (nSPS) is 19.9. The third-order valence-electron chi connectivity index (χ3n) is 6.74. The van der Waals surface area contributed by atoms with E-state index in [2.05, 4.69) is 27.0 Å². The lowest BCUT2D eigenvalue weighted by atomic mass is 9.99. The number of methoxy groups -OCH3 is 1. The molecule has 0 amide bonds. The van der Waals surface area contributed by atoms with Crippen LogP contribution in [-0.4, -0.2) is 44.6 Å². The van der Waals surface area contributed by atoms with E-state index in [0.29, 0.717) is 18.7 Å². The molecule has 2 atom stereocenters. The highest BCUT2D eigenvalue weighted by Crippen LogP contribution is 2.42. The SMILES string of the molecule is COc1cc(F)c([N+](=O)[O-])cc1Nc1nccc(-c2c3n(c4ccccc24)CC2OC(C)(C)OC2C3)n1. The first-order chi connectivity index (χ1) is 17.7. The van der Waals surface area contributed by atoms with Crippen molar-refractivity contribution < 1.29 is 23.5 Å². The lowest BCUT2D eigenvalue weighted by Crippen LogP contribution is -2.35. The Kier molecular flexibility index (Phi) is 5.35. The maximum absolute atomic E-state index is 14.1. The molecule has 0 saturated carbocycles. The monoisotopic (exact) mass is 505 g/mol. The van der Waals surface area contributed by atoms with Gasteiger partial charge in [-0.05, 0) is 26.0 Å². The van der Waals surface area contributed by atoms with E-state index in [1.165, 1.54) is 7.11 Å². The van der Waals surface area contributed by atoms with E-state index in [-0.39, 0.29) is 29.6 Å². The van der Waals surface area contributed by atoms with Crippen molar-refractivity contribution in [3.05, 3.63) is 70.3 Å². The first kappa shape index (κ1) is 23.3. The van der Waals surface area contributed by atoms with E-state index in [4.69, 9.17) is 19.2 Å². The summed E-state index contributed by atoms with van der Waals surface area (Å²) in [5, 5.41) is 15.3. The molecule has 11 heteroatoms. The second-order valence-corrected chi connectivity index (χ2v) is 9.52. The van der Waals surface area contributed by atoms with E-state index < -0.39 is 22.2 Å². The third-order valence-corrected chi connectivity index (χ3v) is 6.74. The lowest BCUT2D eigenvalue weighted by molar-refractivity contribution is -0.387. The summed E-state index contributed by atoms with van der Waals surface area (Å²) in [6, 6.07) is 12.0. The van der Waals surface area contributed by atoms with Crippen molar-refractivity contribution in [1.82, 2.24) is 14.5 Å². The standard InChI is InChI=1S/C26H24FN5O5/c1-26(2)36-22-12-20-24(14-6-4-5-7-18(14)31(20)13-23(22)37-26)16-8-9-28-25(29-16)30-17-11-19(32(33)34)15(27)10-21(17)35-3/h4-11,22-23H,12-13H2,1-3H3,(H,28,29,30). The molecule has 10 nitrogen and oxygen atoms in total. The maximum Gasteiger partial charge on any atom is 0.307 e. The molecular weight excluding hydrogens is 481 g/mol. The minimum atomic E-state index is -0.992. The number of aromatic nitrogens is 3. The van der Waals surface area contributed by atoms with Crippen LogP contribution in [0.3, 0.4) is 0 Å². The highest BCUT2D eigenvalue weighted by molar-refractivity contribution is 5.97. The molecule has 0 radical (unpaired) electrons. The van der Waals surface area contributed by atoms with Crippen LogP contribution in [-0.2, 0) is 22.4 Å². The summed E-state index contributed by atoms with van der Waals surface area (Å²) in [6.07, 6.45) is 2.14. The van der Waals surface area contributed by atoms with Gasteiger partial charge in [0.05, 0.1) is 36.1 Å². The molecule has 1 fully saturated rings. The number of para-hydroxylation sites is 1. The number of anilines is 2. The van der Waals surface area contributed by atoms with E-state index >= 15 is 0 Å². The quantitative estimate of drug-likeness (QED) is 0.299. The maximum atomic E-state index is 14.1. The van der Waals surface area contributed by atoms with E-state index in [1.807, 2.05) is 32.0 Å². The fraction of sp³-hybridized carbons (Fsp3) is 0.308. The Balaban J connectivity index is 1.43. The smallest absolute Gasteiger partial charge is 0.307 e. The first-order valence-electron chi connectivity index (χ1n) is 11.8. The number of nitrogens with one attached hydrogen (secondary N) is 1. The van der Waals surface area contributed by atoms with Crippen molar-refractivity contribution in [2.75, 3.05) is 12.4 Å². The van der Waals surface area contributed by atoms with Crippen LogP contribution in [0.25, 0.3) is 22.2 Å². The molecule has 37 heavy (non-hydrogen) atoms. The summed E-state index contributed by atoms with van der Waals surface area (Å²) in [4.78, 5) is 19.5. The molecule has 0 aliphatic carbocycles. The van der Waals surface area contributed by atoms with Crippen LogP contribution in [0.5, 0.6) is 5.75 Å². The van der Waals surface area contributed by atoms with Gasteiger partial charge >= 0.3 is 5.69 Å². The van der Waals surface area contributed by atoms with Crippen molar-refractivity contribution in [1.29, 1.82) is 0 Å². The fourth-order valence-corrected chi connectivity index (χ4v) is 5.30. The van der Waals surface area contributed by atoms with Crippen molar-refractivity contribution in [3.8, 4) is 17.0 Å². The van der Waals surface area contributed by atoms with Crippen molar-refractivity contribution in [2.24, 2.45) is 0 Å². The summed E-state index contributed by atoms with van der Waals surface area (Å²) >= 11 is 0. The molecule has 2 aliphatic rings. The molecule has 2 aromatic heterocycles. The second kappa shape index (κ2) is 8.49. The molecule has 6 rings (SSSR count). The zero-order valence-electron chi connectivity index (χ0n) is 20.4. The van der Waals surface area contributed by atoms with Gasteiger partial charge in [-0.25, -0.2) is 9.97 Å². The number of ether oxygens (including phenoxy) is 3. The van der Waals surface area contributed by atoms with Crippen LogP contribution in [0.4, 0.5) is 21.7 Å². The molecule has 0 bridgehead atoms. The molecule has 2 aromatic carbocycles. The Morgan fingerprint density at radius 1 is 1.22 bits per heavy atom. The molecule has 1 saturated heterocycles. The van der Waals surface area contributed by atoms with Gasteiger partial charge in [-0.3, -0.25) is 10.1 Å². The number of nitro groups is 1. The molecule has 190 valence electrons. The largest absolute Gasteiger partial charge is 0.494 e. The van der Waals surface area contributed by atoms with E-state index in [0.717, 1.165) is 34.3 Å². The van der Waals surface area contributed by atoms with Crippen LogP contribution in [0.15, 0.2) is 48.7 Å². The van der Waals surface area contributed by atoms with Crippen molar-refractivity contribution in [3.63, 3.8) is 0 Å². The Bertz CT molecular complexity index is 1550. The number of halogens is 1. The van der Waals surface area contributed by atoms with Crippen LogP contribution in [0.1, 0.15) is 19.5 Å². The highest BCUT2D eigenvalue weighted by atomic mass is 19.1. The first-order valence-corrected chi connectivity index (χ1v) is 11.8. The number of nitrogens with zero attached hydrogens (tertiary/aromatic N) is 4. The molecule has 2 aliphatic heterocycles. The summed E-state index contributed by atoms with van der Waals surface area (Å²) in [5.74, 6) is -1.35. The molecule has 0 spiro atoms. The lowest BCUT2D eigenvalue weighted by Gasteiger charge is -2.26. The van der Waals surface area contributed by atoms with E-state index in [9.17, 15) is 14.5 Å². The average molecular weight is 506 g/mol. The summed E-state index contributed by atoms with van der Waals surface area (Å²) < 4.78 is 33.9. The number of nitro benzene ring substituents is 1. The van der Waals surface area contributed by atoms with Crippen LogP contribution < -0.4 is 10.1 Å². The van der Waals surface area contributed by atoms with Gasteiger partial charge in [-0.1, -0.05) is 18.2 Å². The fourth-order valence-electron chi connectivity index (χ4n) is 5.30. The van der Waals surface area contributed by atoms with Crippen molar-refractivity contribution in [2.45, 2.75) is 44.8 Å². The predicted molar refractivity (Wildman–Crippen MR) is 133 cm³/mol. The van der Waals surface area contributed by atoms with Crippen LogP contribution in [0, 0.1) is 15.9 Å². The van der Waals surface area contributed by atoms with Gasteiger partial charge in [-0.2, -0.15) is 4.39 Å². The Morgan fingerprint density at radius 2 is 2.00 bits per heavy atom. The Labute approximate surface area is 211 Å². The topological polar surface area (TPSA) is 114 Å². The number of benzene rings is 2. The van der Waals surface area contributed by atoms with Crippen molar-refractivity contribution >= 4 is 28.2 Å². The van der Waals surface area contributed by atoms with Gasteiger partial charge in [0.2, 0.25) is 11.8 Å². The minimum absolute atomic E-state index is 0.0458. The van der Waals surface area contributed by atoms with Crippen LogP contribution in [0.2, 0.25) is 0 Å². The van der Waals surface area contributed by atoms with Crippen LogP contribution >= 0.6 is 0 Å². The number of hydrogen-bond acceptors (Lipinski definition) is 8. The summed E-state index contributed by atoms with van der Waals surface area (Å²) in [7, 11) is 1.35. The molecular formula is C26H24FN5O5. The predicted octanol–water partition coefficient (Wildman–Crippen LogP) is 4.97.